The number of methoxy groups -OCH3 is 1. The van der Waals surface area contributed by atoms with Gasteiger partial charge in [0.2, 0.25) is 0 Å². The van der Waals surface area contributed by atoms with Gasteiger partial charge in [-0.25, -0.2) is 0 Å². The number of rotatable bonds is 4. The van der Waals surface area contributed by atoms with Gasteiger partial charge in [-0.15, -0.1) is 0 Å². The van der Waals surface area contributed by atoms with Gasteiger partial charge in [-0.3, -0.25) is 4.79 Å². The van der Waals surface area contributed by atoms with Crippen molar-refractivity contribution in [2.75, 3.05) is 20.3 Å². The molecule has 1 aliphatic heterocycles. The van der Waals surface area contributed by atoms with Gasteiger partial charge in [0.25, 0.3) is 0 Å². The summed E-state index contributed by atoms with van der Waals surface area (Å²) in [5.41, 5.74) is -0.554. The van der Waals surface area contributed by atoms with E-state index in [-0.39, 0.29) is 22.9 Å². The summed E-state index contributed by atoms with van der Waals surface area (Å²) in [5.74, 6) is -0.923. The third-order valence-electron chi connectivity index (χ3n) is 4.43. The lowest BCUT2D eigenvalue weighted by molar-refractivity contribution is -0.148. The Hall–Kier alpha value is -0.610. The molecule has 1 unspecified atom stereocenters. The van der Waals surface area contributed by atoms with Crippen LogP contribution in [0.3, 0.4) is 0 Å². The molecule has 1 aliphatic carbocycles. The summed E-state index contributed by atoms with van der Waals surface area (Å²) in [4.78, 5) is 11.3. The fourth-order valence-corrected chi connectivity index (χ4v) is 3.65. The zero-order valence-corrected chi connectivity index (χ0v) is 10.9. The molecule has 0 aromatic heterocycles. The Bertz CT molecular complexity index is 299. The molecule has 1 saturated heterocycles. The molecule has 0 radical (unpaired) electrons. The van der Waals surface area contributed by atoms with E-state index in [1.807, 2.05) is 13.8 Å². The molecule has 0 amide bonds. The molecule has 0 spiro atoms. The number of carboxylic acid groups (broad SMARTS) is 1. The highest BCUT2D eigenvalue weighted by Gasteiger charge is 2.70. The average molecular weight is 242 g/mol. The van der Waals surface area contributed by atoms with Gasteiger partial charge in [0, 0.05) is 19.6 Å². The first-order valence-electron chi connectivity index (χ1n) is 6.31. The summed E-state index contributed by atoms with van der Waals surface area (Å²) in [7, 11) is 1.66. The monoisotopic (exact) mass is 242 g/mol. The third-order valence-corrected chi connectivity index (χ3v) is 4.43. The minimum Gasteiger partial charge on any atom is -0.481 e. The van der Waals surface area contributed by atoms with E-state index in [4.69, 9.17) is 9.47 Å². The van der Waals surface area contributed by atoms with Crippen LogP contribution in [0.5, 0.6) is 0 Å². The van der Waals surface area contributed by atoms with Crippen molar-refractivity contribution in [1.29, 1.82) is 0 Å². The fourth-order valence-electron chi connectivity index (χ4n) is 3.65. The minimum atomic E-state index is -0.704. The van der Waals surface area contributed by atoms with Crippen LogP contribution in [0, 0.1) is 17.3 Å². The molecule has 2 aliphatic rings. The van der Waals surface area contributed by atoms with E-state index in [9.17, 15) is 9.90 Å². The van der Waals surface area contributed by atoms with Crippen molar-refractivity contribution in [2.24, 2.45) is 17.3 Å². The van der Waals surface area contributed by atoms with Gasteiger partial charge < -0.3 is 14.6 Å². The molecular weight excluding hydrogens is 220 g/mol. The summed E-state index contributed by atoms with van der Waals surface area (Å²) in [6.45, 7) is 5.27. The van der Waals surface area contributed by atoms with Gasteiger partial charge in [0.05, 0.1) is 18.1 Å². The van der Waals surface area contributed by atoms with Gasteiger partial charge in [0.1, 0.15) is 0 Å². The van der Waals surface area contributed by atoms with Crippen LogP contribution >= 0.6 is 0 Å². The van der Waals surface area contributed by atoms with Gasteiger partial charge in [0.15, 0.2) is 0 Å². The van der Waals surface area contributed by atoms with E-state index in [2.05, 4.69) is 0 Å². The number of carboxylic acids is 1. The van der Waals surface area contributed by atoms with Crippen LogP contribution in [0.4, 0.5) is 0 Å². The molecule has 4 heteroatoms. The van der Waals surface area contributed by atoms with Crippen molar-refractivity contribution in [1.82, 2.24) is 0 Å². The number of carbonyl (C=O) groups is 1. The molecule has 1 N–H and O–H groups in total. The highest BCUT2D eigenvalue weighted by atomic mass is 16.5. The molecule has 0 aromatic carbocycles. The van der Waals surface area contributed by atoms with Crippen molar-refractivity contribution >= 4 is 5.97 Å². The third kappa shape index (κ3) is 1.97. The summed E-state index contributed by atoms with van der Waals surface area (Å²) < 4.78 is 11.2. The quantitative estimate of drug-likeness (QED) is 0.818. The highest BCUT2D eigenvalue weighted by Crippen LogP contribution is 2.65. The molecule has 2 rings (SSSR count). The highest BCUT2D eigenvalue weighted by molar-refractivity contribution is 5.76. The molecule has 98 valence electrons. The number of hydrogen-bond donors (Lipinski definition) is 1. The predicted molar refractivity (Wildman–Crippen MR) is 62.8 cm³/mol. The Morgan fingerprint density at radius 3 is 2.59 bits per heavy atom. The average Bonchev–Trinajstić information content (AvgIpc) is 2.84. The maximum atomic E-state index is 11.3. The lowest BCUT2D eigenvalue weighted by Crippen LogP contribution is -2.44. The number of aliphatic carboxylic acids is 1. The van der Waals surface area contributed by atoms with Crippen LogP contribution in [0.25, 0.3) is 0 Å². The molecule has 1 saturated carbocycles. The second-order valence-electron chi connectivity index (χ2n) is 5.92. The van der Waals surface area contributed by atoms with E-state index >= 15 is 0 Å². The largest absolute Gasteiger partial charge is 0.481 e. The zero-order chi connectivity index (χ0) is 12.7. The Kier molecular flexibility index (Phi) is 3.21. The van der Waals surface area contributed by atoms with Crippen LogP contribution in [0.2, 0.25) is 0 Å². The normalized spacial score (nSPS) is 39.9. The van der Waals surface area contributed by atoms with Gasteiger partial charge in [-0.05, 0) is 24.7 Å². The molecule has 1 heterocycles. The summed E-state index contributed by atoms with van der Waals surface area (Å²) in [6, 6.07) is 0. The lowest BCUT2D eigenvalue weighted by Gasteiger charge is -2.38. The second-order valence-corrected chi connectivity index (χ2v) is 5.92. The standard InChI is InChI=1S/C13H22O4/c1-12(2)9(11(14)15)10(12)13(8-16-3)6-4-5-7-17-13/h9-10H,4-8H2,1-3H3,(H,14,15)/t9-,10+,13?/m0/s1. The van der Waals surface area contributed by atoms with Crippen LogP contribution in [-0.4, -0.2) is 37.0 Å². The van der Waals surface area contributed by atoms with Gasteiger partial charge >= 0.3 is 5.97 Å². The zero-order valence-electron chi connectivity index (χ0n) is 10.9. The SMILES string of the molecule is COCC1([C@@H]2[C@@H](C(=O)O)C2(C)C)CCCCO1. The van der Waals surface area contributed by atoms with Gasteiger partial charge in [-0.1, -0.05) is 13.8 Å². The van der Waals surface area contributed by atoms with Crippen molar-refractivity contribution in [2.45, 2.75) is 38.7 Å². The number of hydrogen-bond acceptors (Lipinski definition) is 3. The van der Waals surface area contributed by atoms with Crippen LogP contribution in [0.1, 0.15) is 33.1 Å². The summed E-state index contributed by atoms with van der Waals surface area (Å²) >= 11 is 0. The van der Waals surface area contributed by atoms with Crippen molar-refractivity contribution in [3.05, 3.63) is 0 Å². The first-order valence-corrected chi connectivity index (χ1v) is 6.31. The van der Waals surface area contributed by atoms with Crippen molar-refractivity contribution in [3.63, 3.8) is 0 Å². The molecule has 4 nitrogen and oxygen atoms in total. The smallest absolute Gasteiger partial charge is 0.307 e. The Balaban J connectivity index is 2.20. The molecular formula is C13H22O4. The van der Waals surface area contributed by atoms with E-state index in [1.54, 1.807) is 7.11 Å². The van der Waals surface area contributed by atoms with E-state index in [0.29, 0.717) is 6.61 Å². The molecule has 3 atom stereocenters. The van der Waals surface area contributed by atoms with E-state index < -0.39 is 5.97 Å². The van der Waals surface area contributed by atoms with E-state index in [0.717, 1.165) is 25.9 Å². The Morgan fingerprint density at radius 2 is 2.18 bits per heavy atom. The first kappa shape index (κ1) is 12.8. The molecule has 2 fully saturated rings. The predicted octanol–water partition coefficient (Wildman–Crippen LogP) is 1.93. The molecule has 0 aromatic rings. The van der Waals surface area contributed by atoms with Crippen molar-refractivity contribution in [3.8, 4) is 0 Å². The van der Waals surface area contributed by atoms with Crippen LogP contribution in [0.15, 0.2) is 0 Å². The maximum Gasteiger partial charge on any atom is 0.307 e. The molecule has 17 heavy (non-hydrogen) atoms. The maximum absolute atomic E-state index is 11.3. The minimum absolute atomic E-state index is 0.0766. The Labute approximate surface area is 102 Å². The van der Waals surface area contributed by atoms with Gasteiger partial charge in [-0.2, -0.15) is 0 Å². The molecule has 0 bridgehead atoms. The van der Waals surface area contributed by atoms with E-state index in [1.165, 1.54) is 0 Å². The first-order chi connectivity index (χ1) is 7.96. The van der Waals surface area contributed by atoms with Crippen molar-refractivity contribution < 1.29 is 19.4 Å². The second kappa shape index (κ2) is 4.25. The lowest BCUT2D eigenvalue weighted by atomic mass is 9.85. The van der Waals surface area contributed by atoms with Crippen LogP contribution < -0.4 is 0 Å². The number of ether oxygens (including phenoxy) is 2. The fraction of sp³-hybridized carbons (Fsp3) is 0.923. The Morgan fingerprint density at radius 1 is 1.47 bits per heavy atom. The van der Waals surface area contributed by atoms with Crippen LogP contribution in [-0.2, 0) is 14.3 Å². The summed E-state index contributed by atoms with van der Waals surface area (Å²) in [6.07, 6.45) is 3.08. The topological polar surface area (TPSA) is 55.8 Å². The summed E-state index contributed by atoms with van der Waals surface area (Å²) in [5, 5.41) is 9.28.